The Kier molecular flexibility index (Phi) is 10.0. The molecule has 0 aliphatic rings. The van der Waals surface area contributed by atoms with Crippen molar-refractivity contribution in [3.8, 4) is 23.0 Å². The van der Waals surface area contributed by atoms with E-state index in [1.165, 1.54) is 26.4 Å². The van der Waals surface area contributed by atoms with Crippen LogP contribution in [-0.2, 0) is 20.7 Å². The zero-order valence-corrected chi connectivity index (χ0v) is 17.5. The number of hydrogen-bond acceptors (Lipinski definition) is 7. The number of benzene rings is 2. The van der Waals surface area contributed by atoms with Crippen molar-refractivity contribution in [2.24, 2.45) is 0 Å². The summed E-state index contributed by atoms with van der Waals surface area (Å²) < 4.78 is 14.6. The van der Waals surface area contributed by atoms with Crippen LogP contribution in [-0.4, -0.2) is 48.1 Å². The summed E-state index contributed by atoms with van der Waals surface area (Å²) in [4.78, 5) is 22.1. The number of phenolic OH excluding ortho intramolecular Hbond substituents is 2. The van der Waals surface area contributed by atoms with Crippen LogP contribution in [0.15, 0.2) is 36.4 Å². The number of aromatic hydroxyl groups is 2. The van der Waals surface area contributed by atoms with E-state index in [9.17, 15) is 19.8 Å². The number of carbonyl (C=O) groups is 2. The van der Waals surface area contributed by atoms with Crippen molar-refractivity contribution in [3.63, 3.8) is 0 Å². The maximum absolute atomic E-state index is 11.2. The molecule has 1 atom stereocenters. The van der Waals surface area contributed by atoms with Crippen molar-refractivity contribution >= 4 is 11.9 Å². The van der Waals surface area contributed by atoms with E-state index in [-0.39, 0.29) is 23.9 Å². The number of carboxylic acids is 1. The largest absolute Gasteiger partial charge is 0.504 e. The Bertz CT molecular complexity index is 845. The minimum atomic E-state index is -0.870. The average Bonchev–Trinajstić information content (AvgIpc) is 2.71. The SMILES string of the molecule is CCC(C(=O)O)c1ccc(O)c(OC)c1.CCOC(=O)Cc1ccc(O)c(OC)c1. The third-order valence-corrected chi connectivity index (χ3v) is 4.21. The molecule has 8 heteroatoms. The van der Waals surface area contributed by atoms with Crippen molar-refractivity contribution in [2.45, 2.75) is 32.6 Å². The third kappa shape index (κ3) is 7.20. The van der Waals surface area contributed by atoms with E-state index in [0.717, 1.165) is 5.56 Å². The molecule has 164 valence electrons. The van der Waals surface area contributed by atoms with Crippen LogP contribution in [0, 0.1) is 0 Å². The molecule has 0 fully saturated rings. The Morgan fingerprint density at radius 3 is 2.00 bits per heavy atom. The first-order chi connectivity index (χ1) is 14.3. The molecule has 2 rings (SSSR count). The summed E-state index contributed by atoms with van der Waals surface area (Å²) in [6, 6.07) is 9.37. The number of carboxylic acid groups (broad SMARTS) is 1. The maximum atomic E-state index is 11.2. The van der Waals surface area contributed by atoms with Gasteiger partial charge in [-0.25, -0.2) is 0 Å². The van der Waals surface area contributed by atoms with Gasteiger partial charge in [-0.1, -0.05) is 19.1 Å². The van der Waals surface area contributed by atoms with Crippen LogP contribution in [0.5, 0.6) is 23.0 Å². The van der Waals surface area contributed by atoms with E-state index in [1.54, 1.807) is 38.1 Å². The van der Waals surface area contributed by atoms with Crippen LogP contribution in [0.2, 0.25) is 0 Å². The van der Waals surface area contributed by atoms with Gasteiger partial charge in [0.15, 0.2) is 23.0 Å². The normalized spacial score (nSPS) is 10.9. The summed E-state index contributed by atoms with van der Waals surface area (Å²) in [5.74, 6) is -0.981. The van der Waals surface area contributed by atoms with E-state index in [2.05, 4.69) is 0 Å². The van der Waals surface area contributed by atoms with Gasteiger partial charge in [-0.15, -0.1) is 0 Å². The van der Waals surface area contributed by atoms with Crippen LogP contribution in [0.3, 0.4) is 0 Å². The van der Waals surface area contributed by atoms with Crippen molar-refractivity contribution in [3.05, 3.63) is 47.5 Å². The molecule has 0 radical (unpaired) electrons. The van der Waals surface area contributed by atoms with Gasteiger partial charge in [0.25, 0.3) is 0 Å². The first-order valence-corrected chi connectivity index (χ1v) is 9.38. The van der Waals surface area contributed by atoms with E-state index in [1.807, 2.05) is 0 Å². The van der Waals surface area contributed by atoms with E-state index >= 15 is 0 Å². The number of aliphatic carboxylic acids is 1. The van der Waals surface area contributed by atoms with Crippen LogP contribution in [0.1, 0.15) is 37.3 Å². The molecule has 0 aliphatic carbocycles. The number of phenols is 2. The Hall–Kier alpha value is -3.42. The second kappa shape index (κ2) is 12.2. The lowest BCUT2D eigenvalue weighted by Crippen LogP contribution is -2.10. The lowest BCUT2D eigenvalue weighted by molar-refractivity contribution is -0.142. The fraction of sp³-hybridized carbons (Fsp3) is 0.364. The molecule has 2 aromatic carbocycles. The molecule has 0 amide bonds. The second-order valence-corrected chi connectivity index (χ2v) is 6.22. The Balaban J connectivity index is 0.000000300. The molecule has 2 aromatic rings. The van der Waals surface area contributed by atoms with Gasteiger partial charge >= 0.3 is 11.9 Å². The minimum Gasteiger partial charge on any atom is -0.504 e. The van der Waals surface area contributed by atoms with Gasteiger partial charge in [0.05, 0.1) is 33.2 Å². The van der Waals surface area contributed by atoms with Crippen molar-refractivity contribution < 1.29 is 39.1 Å². The number of esters is 1. The summed E-state index contributed by atoms with van der Waals surface area (Å²) in [7, 11) is 2.89. The van der Waals surface area contributed by atoms with Gasteiger partial charge in [-0.05, 0) is 48.7 Å². The van der Waals surface area contributed by atoms with Crippen molar-refractivity contribution in [2.75, 3.05) is 20.8 Å². The molecule has 0 saturated carbocycles. The molecule has 0 aromatic heterocycles. The fourth-order valence-electron chi connectivity index (χ4n) is 2.67. The summed E-state index contributed by atoms with van der Waals surface area (Å²) >= 11 is 0. The predicted molar refractivity (Wildman–Crippen MR) is 110 cm³/mol. The number of rotatable bonds is 8. The van der Waals surface area contributed by atoms with Gasteiger partial charge < -0.3 is 29.5 Å². The lowest BCUT2D eigenvalue weighted by Gasteiger charge is -2.12. The summed E-state index contributed by atoms with van der Waals surface area (Å²) in [5, 5.41) is 27.6. The predicted octanol–water partition coefficient (Wildman–Crippen LogP) is 3.49. The molecular weight excluding hydrogens is 392 g/mol. The molecule has 1 unspecified atom stereocenters. The van der Waals surface area contributed by atoms with E-state index < -0.39 is 11.9 Å². The smallest absolute Gasteiger partial charge is 0.310 e. The third-order valence-electron chi connectivity index (χ3n) is 4.21. The standard InChI is InChI=1S/2C11H14O4/c1-3-15-11(13)7-8-4-5-9(12)10(6-8)14-2;1-3-8(11(13)14)7-4-5-9(12)10(6-7)15-2/h4-6,12H,3,7H2,1-2H3;4-6,8,12H,3H2,1-2H3,(H,13,14). The van der Waals surface area contributed by atoms with Crippen LogP contribution in [0.25, 0.3) is 0 Å². The van der Waals surface area contributed by atoms with Gasteiger partial charge in [-0.3, -0.25) is 9.59 Å². The topological polar surface area (TPSA) is 123 Å². The number of methoxy groups -OCH3 is 2. The highest BCUT2D eigenvalue weighted by molar-refractivity contribution is 5.76. The van der Waals surface area contributed by atoms with Gasteiger partial charge in [0, 0.05) is 0 Å². The zero-order valence-electron chi connectivity index (χ0n) is 17.5. The first kappa shape index (κ1) is 24.6. The van der Waals surface area contributed by atoms with Crippen molar-refractivity contribution in [1.82, 2.24) is 0 Å². The number of hydrogen-bond donors (Lipinski definition) is 3. The average molecular weight is 420 g/mol. The Morgan fingerprint density at radius 2 is 1.50 bits per heavy atom. The summed E-state index contributed by atoms with van der Waals surface area (Å²) in [5.41, 5.74) is 1.39. The molecule has 0 heterocycles. The lowest BCUT2D eigenvalue weighted by atomic mass is 9.96. The van der Waals surface area contributed by atoms with E-state index in [0.29, 0.717) is 30.1 Å². The highest BCUT2D eigenvalue weighted by Gasteiger charge is 2.18. The minimum absolute atomic E-state index is 0.0153. The van der Waals surface area contributed by atoms with Crippen LogP contribution >= 0.6 is 0 Å². The van der Waals surface area contributed by atoms with Crippen LogP contribution < -0.4 is 9.47 Å². The maximum Gasteiger partial charge on any atom is 0.310 e. The first-order valence-electron chi connectivity index (χ1n) is 9.38. The quantitative estimate of drug-likeness (QED) is 0.555. The molecule has 0 spiro atoms. The molecule has 3 N–H and O–H groups in total. The Morgan fingerprint density at radius 1 is 0.933 bits per heavy atom. The zero-order chi connectivity index (χ0) is 22.7. The highest BCUT2D eigenvalue weighted by atomic mass is 16.5. The Labute approximate surface area is 175 Å². The van der Waals surface area contributed by atoms with Gasteiger partial charge in [-0.2, -0.15) is 0 Å². The van der Waals surface area contributed by atoms with Gasteiger partial charge in [0.2, 0.25) is 0 Å². The van der Waals surface area contributed by atoms with E-state index in [4.69, 9.17) is 19.3 Å². The molecule has 8 nitrogen and oxygen atoms in total. The molecular formula is C22H28O8. The molecule has 0 saturated heterocycles. The number of ether oxygens (including phenoxy) is 3. The monoisotopic (exact) mass is 420 g/mol. The summed E-state index contributed by atoms with van der Waals surface area (Å²) in [6.07, 6.45) is 0.688. The molecule has 30 heavy (non-hydrogen) atoms. The second-order valence-electron chi connectivity index (χ2n) is 6.22. The van der Waals surface area contributed by atoms with Crippen molar-refractivity contribution in [1.29, 1.82) is 0 Å². The summed E-state index contributed by atoms with van der Waals surface area (Å²) in [6.45, 7) is 3.93. The van der Waals surface area contributed by atoms with Gasteiger partial charge in [0.1, 0.15) is 0 Å². The highest BCUT2D eigenvalue weighted by Crippen LogP contribution is 2.31. The fourth-order valence-corrected chi connectivity index (χ4v) is 2.67. The molecule has 0 bridgehead atoms. The van der Waals surface area contributed by atoms with Crippen LogP contribution in [0.4, 0.5) is 0 Å². The number of carbonyl (C=O) groups excluding carboxylic acids is 1. The molecule has 0 aliphatic heterocycles.